The molecule has 0 saturated heterocycles. The van der Waals surface area contributed by atoms with Gasteiger partial charge in [-0.1, -0.05) is 48.5 Å². The minimum atomic E-state index is -0.695. The maximum atomic E-state index is 11.7. The van der Waals surface area contributed by atoms with Crippen molar-refractivity contribution in [1.29, 1.82) is 0 Å². The van der Waals surface area contributed by atoms with Gasteiger partial charge in [0.05, 0.1) is 11.3 Å². The van der Waals surface area contributed by atoms with Crippen molar-refractivity contribution in [2.45, 2.75) is 13.0 Å². The van der Waals surface area contributed by atoms with Crippen molar-refractivity contribution in [1.82, 2.24) is 5.32 Å². The summed E-state index contributed by atoms with van der Waals surface area (Å²) in [5.74, 6) is -1.13. The summed E-state index contributed by atoms with van der Waals surface area (Å²) in [6.45, 7) is -0.0896. The number of ether oxygens (including phenoxy) is 1. The van der Waals surface area contributed by atoms with Crippen LogP contribution in [-0.4, -0.2) is 23.4 Å². The number of amides is 1. The van der Waals surface area contributed by atoms with Crippen molar-refractivity contribution >= 4 is 17.6 Å². The fourth-order valence-electron chi connectivity index (χ4n) is 2.04. The molecule has 0 atom stereocenters. The zero-order valence-corrected chi connectivity index (χ0v) is 12.8. The van der Waals surface area contributed by atoms with Gasteiger partial charge in [0.15, 0.2) is 6.61 Å². The highest BCUT2D eigenvalue weighted by molar-refractivity contribution is 5.81. The smallest absolute Gasteiger partial charge is 0.311 e. The Morgan fingerprint density at radius 1 is 1.04 bits per heavy atom. The van der Waals surface area contributed by atoms with Gasteiger partial charge in [0, 0.05) is 18.2 Å². The van der Waals surface area contributed by atoms with E-state index in [-0.39, 0.29) is 17.7 Å². The van der Waals surface area contributed by atoms with Crippen molar-refractivity contribution in [2.75, 3.05) is 6.61 Å². The fraction of sp³-hybridized carbons (Fsp3) is 0.176. The highest BCUT2D eigenvalue weighted by atomic mass is 16.6. The number of esters is 1. The van der Waals surface area contributed by atoms with Crippen LogP contribution in [0.2, 0.25) is 0 Å². The van der Waals surface area contributed by atoms with Crippen molar-refractivity contribution in [3.05, 3.63) is 75.8 Å². The van der Waals surface area contributed by atoms with Gasteiger partial charge in [0.2, 0.25) is 0 Å². The van der Waals surface area contributed by atoms with Crippen LogP contribution in [0.4, 0.5) is 5.69 Å². The second-order valence-electron chi connectivity index (χ2n) is 4.99. The summed E-state index contributed by atoms with van der Waals surface area (Å²) in [6.07, 6.45) is -0.261. The first-order chi connectivity index (χ1) is 11.6. The van der Waals surface area contributed by atoms with Crippen LogP contribution in [0.15, 0.2) is 54.6 Å². The Kier molecular flexibility index (Phi) is 6.01. The van der Waals surface area contributed by atoms with Gasteiger partial charge in [-0.05, 0) is 5.56 Å². The van der Waals surface area contributed by atoms with Crippen LogP contribution in [0.3, 0.4) is 0 Å². The summed E-state index contributed by atoms with van der Waals surface area (Å²) in [4.78, 5) is 33.7. The molecule has 2 aromatic rings. The minimum absolute atomic E-state index is 0.150. The minimum Gasteiger partial charge on any atom is -0.455 e. The molecule has 0 aliphatic carbocycles. The molecule has 0 aliphatic rings. The Labute approximate surface area is 138 Å². The van der Waals surface area contributed by atoms with E-state index < -0.39 is 23.4 Å². The van der Waals surface area contributed by atoms with Gasteiger partial charge in [0.25, 0.3) is 11.6 Å². The number of carbonyl (C=O) groups excluding carboxylic acids is 2. The lowest BCUT2D eigenvalue weighted by molar-refractivity contribution is -0.385. The van der Waals surface area contributed by atoms with Gasteiger partial charge in [-0.15, -0.1) is 0 Å². The van der Waals surface area contributed by atoms with Crippen molar-refractivity contribution in [3.8, 4) is 0 Å². The molecule has 7 heteroatoms. The molecule has 0 heterocycles. The molecule has 124 valence electrons. The quantitative estimate of drug-likeness (QED) is 0.476. The van der Waals surface area contributed by atoms with E-state index in [4.69, 9.17) is 4.74 Å². The lowest BCUT2D eigenvalue weighted by Crippen LogP contribution is -2.28. The maximum Gasteiger partial charge on any atom is 0.311 e. The average molecular weight is 328 g/mol. The third-order valence-corrected chi connectivity index (χ3v) is 3.22. The first-order valence-corrected chi connectivity index (χ1v) is 7.25. The van der Waals surface area contributed by atoms with E-state index in [1.807, 2.05) is 30.3 Å². The van der Waals surface area contributed by atoms with Crippen LogP contribution in [0.1, 0.15) is 11.1 Å². The third kappa shape index (κ3) is 5.20. The van der Waals surface area contributed by atoms with E-state index in [0.717, 1.165) is 5.56 Å². The third-order valence-electron chi connectivity index (χ3n) is 3.22. The Morgan fingerprint density at radius 2 is 1.71 bits per heavy atom. The first kappa shape index (κ1) is 17.1. The molecule has 7 nitrogen and oxygen atoms in total. The molecule has 0 unspecified atom stereocenters. The molecule has 0 fully saturated rings. The van der Waals surface area contributed by atoms with Crippen LogP contribution in [0.25, 0.3) is 0 Å². The number of benzene rings is 2. The highest BCUT2D eigenvalue weighted by Crippen LogP contribution is 2.18. The molecule has 2 rings (SSSR count). The molecule has 0 spiro atoms. The normalized spacial score (nSPS) is 10.0. The molecule has 0 saturated carbocycles. The van der Waals surface area contributed by atoms with E-state index in [2.05, 4.69) is 5.32 Å². The average Bonchev–Trinajstić information content (AvgIpc) is 2.59. The summed E-state index contributed by atoms with van der Waals surface area (Å²) in [5.41, 5.74) is 1.03. The second-order valence-corrected chi connectivity index (χ2v) is 4.99. The van der Waals surface area contributed by atoms with Gasteiger partial charge in [-0.2, -0.15) is 0 Å². The molecular weight excluding hydrogens is 312 g/mol. The van der Waals surface area contributed by atoms with Crippen LogP contribution in [-0.2, 0) is 27.3 Å². The molecule has 0 radical (unpaired) electrons. The number of hydrogen-bond donors (Lipinski definition) is 1. The van der Waals surface area contributed by atoms with Crippen LogP contribution >= 0.6 is 0 Å². The monoisotopic (exact) mass is 328 g/mol. The predicted octanol–water partition coefficient (Wildman–Crippen LogP) is 2.00. The summed E-state index contributed by atoms with van der Waals surface area (Å²) in [6, 6.07) is 15.2. The van der Waals surface area contributed by atoms with Gasteiger partial charge in [-0.25, -0.2) is 0 Å². The van der Waals surface area contributed by atoms with Crippen LogP contribution < -0.4 is 5.32 Å². The van der Waals surface area contributed by atoms with Gasteiger partial charge < -0.3 is 10.1 Å². The number of nitro groups is 1. The summed E-state index contributed by atoms with van der Waals surface area (Å²) in [7, 11) is 0. The standard InChI is InChI=1S/C17H16N2O5/c20-16(18-11-13-6-2-1-3-7-13)12-24-17(21)10-14-8-4-5-9-15(14)19(22)23/h1-9H,10-12H2,(H,18,20). The lowest BCUT2D eigenvalue weighted by Gasteiger charge is -2.07. The molecular formula is C17H16N2O5. The highest BCUT2D eigenvalue weighted by Gasteiger charge is 2.16. The fourth-order valence-corrected chi connectivity index (χ4v) is 2.04. The number of nitrogens with one attached hydrogen (secondary N) is 1. The maximum absolute atomic E-state index is 11.7. The van der Waals surface area contributed by atoms with Crippen molar-refractivity contribution < 1.29 is 19.2 Å². The van der Waals surface area contributed by atoms with Crippen molar-refractivity contribution in [3.63, 3.8) is 0 Å². The second kappa shape index (κ2) is 8.42. The Hall–Kier alpha value is -3.22. The number of hydrogen-bond acceptors (Lipinski definition) is 5. The number of carbonyl (C=O) groups is 2. The van der Waals surface area contributed by atoms with E-state index in [9.17, 15) is 19.7 Å². The number of rotatable bonds is 7. The van der Waals surface area contributed by atoms with Crippen molar-refractivity contribution in [2.24, 2.45) is 0 Å². The first-order valence-electron chi connectivity index (χ1n) is 7.25. The SMILES string of the molecule is O=C(COC(=O)Cc1ccccc1[N+](=O)[O-])NCc1ccccc1. The number of nitrogens with zero attached hydrogens (tertiary/aromatic N) is 1. The topological polar surface area (TPSA) is 98.5 Å². The summed E-state index contributed by atoms with van der Waals surface area (Å²) in [5, 5.41) is 13.5. The summed E-state index contributed by atoms with van der Waals surface area (Å²) < 4.78 is 4.86. The Balaban J connectivity index is 1.79. The molecule has 1 amide bonds. The molecule has 0 aliphatic heterocycles. The summed E-state index contributed by atoms with van der Waals surface area (Å²) >= 11 is 0. The van der Waals surface area contributed by atoms with Gasteiger partial charge in [-0.3, -0.25) is 19.7 Å². The van der Waals surface area contributed by atoms with Crippen LogP contribution in [0.5, 0.6) is 0 Å². The molecule has 0 bridgehead atoms. The predicted molar refractivity (Wildman–Crippen MR) is 86.0 cm³/mol. The lowest BCUT2D eigenvalue weighted by atomic mass is 10.1. The van der Waals surface area contributed by atoms with E-state index in [1.165, 1.54) is 18.2 Å². The zero-order chi connectivity index (χ0) is 17.4. The van der Waals surface area contributed by atoms with E-state index in [0.29, 0.717) is 6.54 Å². The molecule has 24 heavy (non-hydrogen) atoms. The van der Waals surface area contributed by atoms with Crippen LogP contribution in [0, 0.1) is 10.1 Å². The molecule has 0 aromatic heterocycles. The Bertz CT molecular complexity index is 731. The Morgan fingerprint density at radius 3 is 2.42 bits per heavy atom. The van der Waals surface area contributed by atoms with Gasteiger partial charge in [0.1, 0.15) is 0 Å². The molecule has 2 aromatic carbocycles. The zero-order valence-electron chi connectivity index (χ0n) is 12.8. The molecule has 1 N–H and O–H groups in total. The number of nitro benzene ring substituents is 1. The van der Waals surface area contributed by atoms with Gasteiger partial charge >= 0.3 is 5.97 Å². The number of para-hydroxylation sites is 1. The largest absolute Gasteiger partial charge is 0.455 e. The van der Waals surface area contributed by atoms with E-state index >= 15 is 0 Å². The van der Waals surface area contributed by atoms with E-state index in [1.54, 1.807) is 6.07 Å².